The van der Waals surface area contributed by atoms with E-state index in [1.807, 2.05) is 30.3 Å². The zero-order valence-corrected chi connectivity index (χ0v) is 15.1. The molecule has 0 atom stereocenters. The van der Waals surface area contributed by atoms with Crippen LogP contribution in [0.15, 0.2) is 47.6 Å². The van der Waals surface area contributed by atoms with E-state index >= 15 is 0 Å². The smallest absolute Gasteiger partial charge is 0.234 e. The molecule has 3 rings (SSSR count). The summed E-state index contributed by atoms with van der Waals surface area (Å²) >= 11 is 7.37. The lowest BCUT2D eigenvalue weighted by molar-refractivity contribution is -0.113. The quantitative estimate of drug-likeness (QED) is 0.679. The van der Waals surface area contributed by atoms with Crippen molar-refractivity contribution in [3.63, 3.8) is 0 Å². The summed E-state index contributed by atoms with van der Waals surface area (Å²) in [7, 11) is 0. The maximum absolute atomic E-state index is 12.2. The van der Waals surface area contributed by atoms with E-state index in [1.165, 1.54) is 11.8 Å². The minimum atomic E-state index is -0.152. The first-order chi connectivity index (χ1) is 12.1. The van der Waals surface area contributed by atoms with Gasteiger partial charge in [-0.3, -0.25) is 4.79 Å². The summed E-state index contributed by atoms with van der Waals surface area (Å²) < 4.78 is 2.09. The molecule has 0 saturated carbocycles. The van der Waals surface area contributed by atoms with Crippen molar-refractivity contribution in [3.05, 3.63) is 53.1 Å². The summed E-state index contributed by atoms with van der Waals surface area (Å²) in [5.74, 6) is 0.0847. The fourth-order valence-electron chi connectivity index (χ4n) is 2.48. The number of hydrogen-bond acceptors (Lipinski definition) is 4. The van der Waals surface area contributed by atoms with Crippen LogP contribution in [0.3, 0.4) is 0 Å². The number of nitriles is 1. The minimum Gasteiger partial charge on any atom is -0.325 e. The normalized spacial score (nSPS) is 10.6. The van der Waals surface area contributed by atoms with Crippen molar-refractivity contribution in [2.75, 3.05) is 11.1 Å². The van der Waals surface area contributed by atoms with E-state index in [4.69, 9.17) is 16.9 Å². The van der Waals surface area contributed by atoms with Gasteiger partial charge < -0.3 is 9.88 Å². The third kappa shape index (κ3) is 3.78. The number of amides is 1. The maximum atomic E-state index is 12.2. The number of rotatable bonds is 5. The average molecular weight is 371 g/mol. The van der Waals surface area contributed by atoms with Gasteiger partial charge in [-0.05, 0) is 37.3 Å². The first-order valence-electron chi connectivity index (χ1n) is 7.70. The third-order valence-corrected chi connectivity index (χ3v) is 4.93. The zero-order chi connectivity index (χ0) is 17.8. The average Bonchev–Trinajstić information content (AvgIpc) is 2.97. The van der Waals surface area contributed by atoms with Crippen molar-refractivity contribution in [1.82, 2.24) is 9.55 Å². The SMILES string of the molecule is CCn1c(SCC(=O)Nc2ccc(C#N)c(Cl)c2)nc2ccccc21. The van der Waals surface area contributed by atoms with Gasteiger partial charge in [-0.25, -0.2) is 4.98 Å². The topological polar surface area (TPSA) is 70.7 Å². The standard InChI is InChI=1S/C18H15ClN4OS/c1-2-23-16-6-4-3-5-15(16)22-18(23)25-11-17(24)21-13-8-7-12(10-20)14(19)9-13/h3-9H,2,11H2,1H3,(H,21,24). The number of aryl methyl sites for hydroxylation is 1. The number of aromatic nitrogens is 2. The van der Waals surface area contributed by atoms with Crippen molar-refractivity contribution >= 4 is 46.0 Å². The molecular formula is C18H15ClN4OS. The lowest BCUT2D eigenvalue weighted by Gasteiger charge is -2.07. The van der Waals surface area contributed by atoms with E-state index in [9.17, 15) is 4.79 Å². The summed E-state index contributed by atoms with van der Waals surface area (Å²) in [6.07, 6.45) is 0. The highest BCUT2D eigenvalue weighted by Crippen LogP contribution is 2.25. The molecule has 0 unspecified atom stereocenters. The molecule has 7 heteroatoms. The summed E-state index contributed by atoms with van der Waals surface area (Å²) in [5.41, 5.74) is 2.93. The van der Waals surface area contributed by atoms with Gasteiger partial charge in [0.05, 0.1) is 27.4 Å². The molecule has 0 spiro atoms. The molecule has 0 aliphatic rings. The van der Waals surface area contributed by atoms with Gasteiger partial charge in [-0.1, -0.05) is 35.5 Å². The second-order valence-corrected chi connectivity index (χ2v) is 6.62. The molecule has 0 aliphatic carbocycles. The predicted molar refractivity (Wildman–Crippen MR) is 101 cm³/mol. The van der Waals surface area contributed by atoms with Crippen molar-refractivity contribution < 1.29 is 4.79 Å². The van der Waals surface area contributed by atoms with Gasteiger partial charge in [0.2, 0.25) is 5.91 Å². The minimum absolute atomic E-state index is 0.152. The van der Waals surface area contributed by atoms with Gasteiger partial charge in [0.25, 0.3) is 0 Å². The molecule has 1 heterocycles. The number of fused-ring (bicyclic) bond motifs is 1. The van der Waals surface area contributed by atoms with Gasteiger partial charge in [0.1, 0.15) is 6.07 Å². The highest BCUT2D eigenvalue weighted by atomic mass is 35.5. The Morgan fingerprint density at radius 1 is 1.36 bits per heavy atom. The fraction of sp³-hybridized carbons (Fsp3) is 0.167. The van der Waals surface area contributed by atoms with Crippen molar-refractivity contribution in [1.29, 1.82) is 5.26 Å². The lowest BCUT2D eigenvalue weighted by Crippen LogP contribution is -2.14. The summed E-state index contributed by atoms with van der Waals surface area (Å²) in [5, 5.41) is 12.8. The molecule has 0 bridgehead atoms. The van der Waals surface area contributed by atoms with E-state index < -0.39 is 0 Å². The molecule has 0 radical (unpaired) electrons. The molecule has 0 saturated heterocycles. The van der Waals surface area contributed by atoms with E-state index in [0.29, 0.717) is 16.3 Å². The number of anilines is 1. The monoisotopic (exact) mass is 370 g/mol. The van der Waals surface area contributed by atoms with Crippen LogP contribution < -0.4 is 5.32 Å². The van der Waals surface area contributed by atoms with Crippen molar-refractivity contribution in [2.24, 2.45) is 0 Å². The second kappa shape index (κ2) is 7.60. The molecular weight excluding hydrogens is 356 g/mol. The Bertz CT molecular complexity index is 977. The lowest BCUT2D eigenvalue weighted by atomic mass is 10.2. The molecule has 0 fully saturated rings. The molecule has 25 heavy (non-hydrogen) atoms. The van der Waals surface area contributed by atoms with Gasteiger partial charge in [-0.2, -0.15) is 5.26 Å². The van der Waals surface area contributed by atoms with Crippen LogP contribution in [0.4, 0.5) is 5.69 Å². The van der Waals surface area contributed by atoms with Gasteiger partial charge >= 0.3 is 0 Å². The van der Waals surface area contributed by atoms with Crippen LogP contribution in [0.1, 0.15) is 12.5 Å². The van der Waals surface area contributed by atoms with Crippen LogP contribution in [0.25, 0.3) is 11.0 Å². The van der Waals surface area contributed by atoms with E-state index in [2.05, 4.69) is 21.8 Å². The first-order valence-corrected chi connectivity index (χ1v) is 9.06. The Balaban J connectivity index is 1.68. The van der Waals surface area contributed by atoms with Gasteiger partial charge in [-0.15, -0.1) is 0 Å². The number of carbonyl (C=O) groups is 1. The van der Waals surface area contributed by atoms with Gasteiger partial charge in [0.15, 0.2) is 5.16 Å². The number of nitrogens with one attached hydrogen (secondary N) is 1. The molecule has 3 aromatic rings. The van der Waals surface area contributed by atoms with Crippen LogP contribution in [-0.4, -0.2) is 21.2 Å². The number of nitrogens with zero attached hydrogens (tertiary/aromatic N) is 3. The number of hydrogen-bond donors (Lipinski definition) is 1. The van der Waals surface area contributed by atoms with Crippen LogP contribution in [0.2, 0.25) is 5.02 Å². The molecule has 5 nitrogen and oxygen atoms in total. The molecule has 2 aromatic carbocycles. The van der Waals surface area contributed by atoms with E-state index in [0.717, 1.165) is 22.7 Å². The Kier molecular flexibility index (Phi) is 5.27. The Morgan fingerprint density at radius 3 is 2.88 bits per heavy atom. The second-order valence-electron chi connectivity index (χ2n) is 5.27. The third-order valence-electron chi connectivity index (χ3n) is 3.64. The number of thioether (sulfide) groups is 1. The van der Waals surface area contributed by atoms with Crippen LogP contribution >= 0.6 is 23.4 Å². The number of para-hydroxylation sites is 2. The van der Waals surface area contributed by atoms with Crippen LogP contribution in [0, 0.1) is 11.3 Å². The molecule has 1 N–H and O–H groups in total. The Labute approximate surface area is 154 Å². The highest BCUT2D eigenvalue weighted by molar-refractivity contribution is 7.99. The summed E-state index contributed by atoms with van der Waals surface area (Å²) in [4.78, 5) is 16.8. The molecule has 1 amide bonds. The number of benzene rings is 2. The molecule has 0 aliphatic heterocycles. The van der Waals surface area contributed by atoms with E-state index in [-0.39, 0.29) is 11.7 Å². The summed E-state index contributed by atoms with van der Waals surface area (Å²) in [6.45, 7) is 2.84. The fourth-order valence-corrected chi connectivity index (χ4v) is 3.58. The highest BCUT2D eigenvalue weighted by Gasteiger charge is 2.12. The largest absolute Gasteiger partial charge is 0.325 e. The van der Waals surface area contributed by atoms with Crippen molar-refractivity contribution in [3.8, 4) is 6.07 Å². The zero-order valence-electron chi connectivity index (χ0n) is 13.5. The Hall–Kier alpha value is -2.49. The maximum Gasteiger partial charge on any atom is 0.234 e. The van der Waals surface area contributed by atoms with Crippen molar-refractivity contribution in [2.45, 2.75) is 18.6 Å². The predicted octanol–water partition coefficient (Wildman–Crippen LogP) is 4.31. The number of halogens is 1. The van der Waals surface area contributed by atoms with Gasteiger partial charge in [0, 0.05) is 12.2 Å². The molecule has 1 aromatic heterocycles. The molecule has 126 valence electrons. The Morgan fingerprint density at radius 2 is 2.16 bits per heavy atom. The van der Waals surface area contributed by atoms with Crippen LogP contribution in [0.5, 0.6) is 0 Å². The first kappa shape index (κ1) is 17.3. The number of imidazole rings is 1. The van der Waals surface area contributed by atoms with E-state index in [1.54, 1.807) is 18.2 Å². The van der Waals surface area contributed by atoms with Crippen LogP contribution in [-0.2, 0) is 11.3 Å². The summed E-state index contributed by atoms with van der Waals surface area (Å²) in [6, 6.07) is 14.7. The number of carbonyl (C=O) groups excluding carboxylic acids is 1.